The van der Waals surface area contributed by atoms with Crippen LogP contribution >= 0.6 is 11.3 Å². The maximum atomic E-state index is 12.6. The minimum absolute atomic E-state index is 0.0312. The van der Waals surface area contributed by atoms with Crippen LogP contribution in [0.4, 0.5) is 5.00 Å². The number of thiophene rings is 1. The number of carbonyl (C=O) groups excluding carboxylic acids is 2. The SMILES string of the molecule is CCOC(=O)c1c(NC(=O)[C@@H]2C[C@@H]3C=C[C@@H]2C3)sc(C)c1C. The molecule has 1 heterocycles. The quantitative estimate of drug-likeness (QED) is 0.680. The smallest absolute Gasteiger partial charge is 0.341 e. The number of aryl methyl sites for hydroxylation is 1. The van der Waals surface area contributed by atoms with Crippen LogP contribution in [-0.2, 0) is 9.53 Å². The van der Waals surface area contributed by atoms with E-state index >= 15 is 0 Å². The lowest BCUT2D eigenvalue weighted by Gasteiger charge is -2.17. The Bertz CT molecular complexity index is 647. The fourth-order valence-electron chi connectivity index (χ4n) is 3.45. The molecule has 0 saturated heterocycles. The van der Waals surface area contributed by atoms with Gasteiger partial charge in [0, 0.05) is 10.8 Å². The second-order valence-electron chi connectivity index (χ2n) is 6.08. The van der Waals surface area contributed by atoms with E-state index in [9.17, 15) is 9.59 Å². The first-order chi connectivity index (χ1) is 10.5. The molecular weight excluding hydrogens is 298 g/mol. The predicted octanol–water partition coefficient (Wildman–Crippen LogP) is 3.69. The molecule has 2 aliphatic carbocycles. The van der Waals surface area contributed by atoms with Crippen LogP contribution in [0.3, 0.4) is 0 Å². The molecule has 0 radical (unpaired) electrons. The number of esters is 1. The molecule has 1 aromatic rings. The number of nitrogens with one attached hydrogen (secondary N) is 1. The number of hydrogen-bond acceptors (Lipinski definition) is 4. The van der Waals surface area contributed by atoms with Crippen LogP contribution in [0.5, 0.6) is 0 Å². The summed E-state index contributed by atoms with van der Waals surface area (Å²) in [5.41, 5.74) is 1.41. The van der Waals surface area contributed by atoms with E-state index in [2.05, 4.69) is 17.5 Å². The molecule has 3 atom stereocenters. The van der Waals surface area contributed by atoms with E-state index in [1.807, 2.05) is 13.8 Å². The summed E-state index contributed by atoms with van der Waals surface area (Å²) in [6.07, 6.45) is 6.39. The number of anilines is 1. The van der Waals surface area contributed by atoms with Crippen LogP contribution in [-0.4, -0.2) is 18.5 Å². The Morgan fingerprint density at radius 3 is 2.68 bits per heavy atom. The number of hydrogen-bond donors (Lipinski definition) is 1. The van der Waals surface area contributed by atoms with Gasteiger partial charge < -0.3 is 10.1 Å². The maximum absolute atomic E-state index is 12.6. The van der Waals surface area contributed by atoms with Crippen LogP contribution in [0.15, 0.2) is 12.2 Å². The molecule has 0 aliphatic heterocycles. The van der Waals surface area contributed by atoms with Gasteiger partial charge in [-0.05, 0) is 51.0 Å². The van der Waals surface area contributed by atoms with Gasteiger partial charge >= 0.3 is 5.97 Å². The number of rotatable bonds is 4. The molecule has 0 unspecified atom stereocenters. The zero-order chi connectivity index (χ0) is 15.9. The fourth-order valence-corrected chi connectivity index (χ4v) is 4.50. The van der Waals surface area contributed by atoms with E-state index in [-0.39, 0.29) is 17.8 Å². The monoisotopic (exact) mass is 319 g/mol. The van der Waals surface area contributed by atoms with Crippen LogP contribution in [0.2, 0.25) is 0 Å². The van der Waals surface area contributed by atoms with Gasteiger partial charge in [-0.3, -0.25) is 4.79 Å². The lowest BCUT2D eigenvalue weighted by molar-refractivity contribution is -0.120. The van der Waals surface area contributed by atoms with Crippen LogP contribution in [0.25, 0.3) is 0 Å². The lowest BCUT2D eigenvalue weighted by Crippen LogP contribution is -2.26. The summed E-state index contributed by atoms with van der Waals surface area (Å²) in [6.45, 7) is 5.97. The first-order valence-corrected chi connectivity index (χ1v) is 8.59. The highest BCUT2D eigenvalue weighted by Gasteiger charge is 2.40. The summed E-state index contributed by atoms with van der Waals surface area (Å²) in [5.74, 6) is 0.624. The van der Waals surface area contributed by atoms with Crippen molar-refractivity contribution in [1.29, 1.82) is 0 Å². The molecule has 1 aromatic heterocycles. The van der Waals surface area contributed by atoms with Crippen molar-refractivity contribution in [2.45, 2.75) is 33.6 Å². The van der Waals surface area contributed by atoms with Crippen molar-refractivity contribution in [2.75, 3.05) is 11.9 Å². The third-order valence-electron chi connectivity index (χ3n) is 4.72. The van der Waals surface area contributed by atoms with E-state index < -0.39 is 0 Å². The van der Waals surface area contributed by atoms with E-state index in [4.69, 9.17) is 4.74 Å². The molecule has 5 heteroatoms. The van der Waals surface area contributed by atoms with Gasteiger partial charge in [-0.15, -0.1) is 11.3 Å². The highest BCUT2D eigenvalue weighted by molar-refractivity contribution is 7.16. The minimum Gasteiger partial charge on any atom is -0.462 e. The van der Waals surface area contributed by atoms with Gasteiger partial charge in [0.25, 0.3) is 0 Å². The molecule has 0 aromatic carbocycles. The van der Waals surface area contributed by atoms with Gasteiger partial charge in [-0.2, -0.15) is 0 Å². The third-order valence-corrected chi connectivity index (χ3v) is 5.84. The largest absolute Gasteiger partial charge is 0.462 e. The van der Waals surface area contributed by atoms with Crippen molar-refractivity contribution in [2.24, 2.45) is 17.8 Å². The molecule has 118 valence electrons. The van der Waals surface area contributed by atoms with E-state index in [1.165, 1.54) is 11.3 Å². The molecule has 4 nitrogen and oxygen atoms in total. The van der Waals surface area contributed by atoms with E-state index in [1.54, 1.807) is 6.92 Å². The highest BCUT2D eigenvalue weighted by Crippen LogP contribution is 2.44. The second kappa shape index (κ2) is 5.88. The molecule has 1 amide bonds. The molecular formula is C17H21NO3S. The molecule has 1 saturated carbocycles. The number of amides is 1. The zero-order valence-electron chi connectivity index (χ0n) is 13.1. The van der Waals surface area contributed by atoms with Crippen LogP contribution in [0, 0.1) is 31.6 Å². The van der Waals surface area contributed by atoms with Crippen LogP contribution < -0.4 is 5.32 Å². The summed E-state index contributed by atoms with van der Waals surface area (Å²) < 4.78 is 5.12. The predicted molar refractivity (Wildman–Crippen MR) is 87.2 cm³/mol. The van der Waals surface area contributed by atoms with Crippen molar-refractivity contribution in [3.05, 3.63) is 28.2 Å². The molecule has 0 spiro atoms. The molecule has 2 bridgehead atoms. The van der Waals surface area contributed by atoms with Crippen molar-refractivity contribution in [3.8, 4) is 0 Å². The zero-order valence-corrected chi connectivity index (χ0v) is 14.0. The maximum Gasteiger partial charge on any atom is 0.341 e. The normalized spacial score (nSPS) is 25.5. The Labute approximate surface area is 134 Å². The highest BCUT2D eigenvalue weighted by atomic mass is 32.1. The summed E-state index contributed by atoms with van der Waals surface area (Å²) >= 11 is 1.45. The molecule has 3 rings (SSSR count). The van der Waals surface area contributed by atoms with Gasteiger partial charge in [0.05, 0.1) is 12.2 Å². The van der Waals surface area contributed by atoms with Crippen molar-refractivity contribution in [1.82, 2.24) is 0 Å². The number of ether oxygens (including phenoxy) is 1. The average molecular weight is 319 g/mol. The van der Waals surface area contributed by atoms with E-state index in [0.717, 1.165) is 23.3 Å². The van der Waals surface area contributed by atoms with Gasteiger partial charge in [-0.25, -0.2) is 4.79 Å². The third kappa shape index (κ3) is 2.58. The first-order valence-electron chi connectivity index (χ1n) is 7.77. The number of carbonyl (C=O) groups is 2. The molecule has 2 aliphatic rings. The van der Waals surface area contributed by atoms with Gasteiger partial charge in [0.2, 0.25) is 5.91 Å². The van der Waals surface area contributed by atoms with Crippen LogP contribution in [0.1, 0.15) is 40.6 Å². The fraction of sp³-hybridized carbons (Fsp3) is 0.529. The molecule has 1 fully saturated rings. The summed E-state index contributed by atoms with van der Waals surface area (Å²) in [6, 6.07) is 0. The lowest BCUT2D eigenvalue weighted by atomic mass is 9.93. The van der Waals surface area contributed by atoms with Gasteiger partial charge in [0.15, 0.2) is 0 Å². The summed E-state index contributed by atoms with van der Waals surface area (Å²) in [7, 11) is 0. The van der Waals surface area contributed by atoms with Crippen molar-refractivity contribution < 1.29 is 14.3 Å². The number of allylic oxidation sites excluding steroid dienone is 2. The minimum atomic E-state index is -0.354. The van der Waals surface area contributed by atoms with Gasteiger partial charge in [0.1, 0.15) is 5.00 Å². The second-order valence-corrected chi connectivity index (χ2v) is 7.31. The standard InChI is InChI=1S/C17H21NO3S/c1-4-21-17(20)14-9(2)10(3)22-16(14)18-15(19)13-8-11-5-6-12(13)7-11/h5-6,11-13H,4,7-8H2,1-3H3,(H,18,19)/t11-,12-,13-/m1/s1. The Hall–Kier alpha value is -1.62. The molecule has 1 N–H and O–H groups in total. The Kier molecular flexibility index (Phi) is 4.08. The molecule has 22 heavy (non-hydrogen) atoms. The van der Waals surface area contributed by atoms with E-state index in [0.29, 0.717) is 29.0 Å². The average Bonchev–Trinajstić information content (AvgIpc) is 3.15. The topological polar surface area (TPSA) is 55.4 Å². The number of fused-ring (bicyclic) bond motifs is 2. The summed E-state index contributed by atoms with van der Waals surface area (Å²) in [5, 5.41) is 3.61. The van der Waals surface area contributed by atoms with Gasteiger partial charge in [-0.1, -0.05) is 12.2 Å². The first kappa shape index (κ1) is 15.3. The Morgan fingerprint density at radius 2 is 2.09 bits per heavy atom. The Morgan fingerprint density at radius 1 is 1.32 bits per heavy atom. The summed E-state index contributed by atoms with van der Waals surface area (Å²) in [4.78, 5) is 25.8. The van der Waals surface area contributed by atoms with Crippen molar-refractivity contribution >= 4 is 28.2 Å². The van der Waals surface area contributed by atoms with Crippen molar-refractivity contribution in [3.63, 3.8) is 0 Å². The Balaban J connectivity index is 1.80.